The van der Waals surface area contributed by atoms with Crippen molar-refractivity contribution in [2.45, 2.75) is 17.9 Å². The molecule has 0 amide bonds. The molecule has 4 rings (SSSR count). The highest BCUT2D eigenvalue weighted by atomic mass is 32.2. The van der Waals surface area contributed by atoms with Crippen LogP contribution in [0.3, 0.4) is 0 Å². The number of ether oxygens (including phenoxy) is 2. The molecule has 0 unspecified atom stereocenters. The number of nitrogens with zero attached hydrogens (tertiary/aromatic N) is 2. The lowest BCUT2D eigenvalue weighted by Gasteiger charge is -2.26. The highest BCUT2D eigenvalue weighted by molar-refractivity contribution is 7.89. The molecule has 1 aromatic heterocycles. The molecule has 2 aliphatic rings. The Morgan fingerprint density at radius 1 is 1.14 bits per heavy atom. The van der Waals surface area contributed by atoms with Gasteiger partial charge in [-0.1, -0.05) is 5.16 Å². The number of hydrogen-bond donors (Lipinski definition) is 0. The first-order valence-electron chi connectivity index (χ1n) is 6.97. The Morgan fingerprint density at radius 3 is 2.82 bits per heavy atom. The van der Waals surface area contributed by atoms with Crippen molar-refractivity contribution >= 4 is 10.0 Å². The van der Waals surface area contributed by atoms with E-state index in [-0.39, 0.29) is 11.4 Å². The summed E-state index contributed by atoms with van der Waals surface area (Å²) < 4.78 is 43.0. The zero-order valence-corrected chi connectivity index (χ0v) is 12.5. The average Bonchev–Trinajstić information content (AvgIpc) is 3.02. The number of fused-ring (bicyclic) bond motifs is 2. The summed E-state index contributed by atoms with van der Waals surface area (Å²) in [7, 11) is -3.59. The summed E-state index contributed by atoms with van der Waals surface area (Å²) in [6.45, 7) is 1.54. The van der Waals surface area contributed by atoms with Gasteiger partial charge in [0.15, 0.2) is 11.5 Å². The van der Waals surface area contributed by atoms with Gasteiger partial charge in [-0.25, -0.2) is 8.42 Å². The Balaban J connectivity index is 1.66. The van der Waals surface area contributed by atoms with Crippen LogP contribution in [0.4, 0.5) is 0 Å². The molecule has 0 saturated carbocycles. The summed E-state index contributed by atoms with van der Waals surface area (Å²) in [4.78, 5) is 0.205. The number of rotatable bonds is 2. The molecule has 0 N–H and O–H groups in total. The normalized spacial score (nSPS) is 18.0. The lowest BCUT2D eigenvalue weighted by atomic mass is 10.1. The first-order chi connectivity index (χ1) is 10.6. The van der Waals surface area contributed by atoms with Crippen LogP contribution in [-0.4, -0.2) is 37.6 Å². The van der Waals surface area contributed by atoms with Gasteiger partial charge in [0.05, 0.1) is 11.1 Å². The van der Waals surface area contributed by atoms with Crippen molar-refractivity contribution in [3.8, 4) is 11.5 Å². The highest BCUT2D eigenvalue weighted by Crippen LogP contribution is 2.34. The predicted octanol–water partition coefficient (Wildman–Crippen LogP) is 1.19. The largest absolute Gasteiger partial charge is 0.486 e. The summed E-state index contributed by atoms with van der Waals surface area (Å²) in [6, 6.07) is 4.70. The summed E-state index contributed by atoms with van der Waals surface area (Å²) in [5, 5.41) is 3.72. The molecular weight excluding hydrogens is 308 g/mol. The zero-order valence-electron chi connectivity index (χ0n) is 11.7. The van der Waals surface area contributed by atoms with E-state index in [1.54, 1.807) is 18.3 Å². The summed E-state index contributed by atoms with van der Waals surface area (Å²) in [5.41, 5.74) is 0.812. The monoisotopic (exact) mass is 322 g/mol. The van der Waals surface area contributed by atoms with Crippen molar-refractivity contribution in [1.29, 1.82) is 0 Å². The van der Waals surface area contributed by atoms with Gasteiger partial charge in [0, 0.05) is 31.1 Å². The van der Waals surface area contributed by atoms with Crippen molar-refractivity contribution in [1.82, 2.24) is 9.46 Å². The second kappa shape index (κ2) is 4.99. The van der Waals surface area contributed by atoms with Gasteiger partial charge in [0.1, 0.15) is 19.0 Å². The molecule has 1 aromatic carbocycles. The van der Waals surface area contributed by atoms with E-state index in [1.165, 1.54) is 10.4 Å². The summed E-state index contributed by atoms with van der Waals surface area (Å²) in [6.07, 6.45) is 2.10. The second-order valence-corrected chi connectivity index (χ2v) is 7.11. The van der Waals surface area contributed by atoms with Crippen molar-refractivity contribution in [3.05, 3.63) is 35.7 Å². The maximum absolute atomic E-state index is 12.8. The average molecular weight is 322 g/mol. The minimum atomic E-state index is -3.59. The van der Waals surface area contributed by atoms with Gasteiger partial charge in [-0.15, -0.1) is 0 Å². The minimum Gasteiger partial charge on any atom is -0.486 e. The van der Waals surface area contributed by atoms with Crippen LogP contribution in [0.2, 0.25) is 0 Å². The number of aromatic nitrogens is 1. The van der Waals surface area contributed by atoms with Crippen LogP contribution in [0.1, 0.15) is 11.3 Å². The van der Waals surface area contributed by atoms with Gasteiger partial charge in [0.25, 0.3) is 0 Å². The molecule has 116 valence electrons. The molecule has 22 heavy (non-hydrogen) atoms. The Morgan fingerprint density at radius 2 is 1.95 bits per heavy atom. The number of benzene rings is 1. The SMILES string of the molecule is O=S(=O)(c1ccc2c(c1)OCCO2)N1CCc2oncc2C1. The van der Waals surface area contributed by atoms with Crippen LogP contribution in [0, 0.1) is 0 Å². The molecule has 0 spiro atoms. The van der Waals surface area contributed by atoms with Crippen LogP contribution in [-0.2, 0) is 23.0 Å². The van der Waals surface area contributed by atoms with Crippen LogP contribution in [0.15, 0.2) is 33.8 Å². The van der Waals surface area contributed by atoms with Gasteiger partial charge in [-0.2, -0.15) is 4.31 Å². The van der Waals surface area contributed by atoms with Gasteiger partial charge in [-0.05, 0) is 12.1 Å². The maximum atomic E-state index is 12.8. The Hall–Kier alpha value is -2.06. The lowest BCUT2D eigenvalue weighted by Crippen LogP contribution is -2.35. The van der Waals surface area contributed by atoms with E-state index in [4.69, 9.17) is 14.0 Å². The van der Waals surface area contributed by atoms with Crippen LogP contribution in [0.5, 0.6) is 11.5 Å². The highest BCUT2D eigenvalue weighted by Gasteiger charge is 2.31. The van der Waals surface area contributed by atoms with E-state index in [1.807, 2.05) is 0 Å². The molecule has 0 aliphatic carbocycles. The third kappa shape index (κ3) is 2.15. The topological polar surface area (TPSA) is 81.9 Å². The first kappa shape index (κ1) is 13.6. The van der Waals surface area contributed by atoms with Crippen molar-refractivity contribution in [2.24, 2.45) is 0 Å². The van der Waals surface area contributed by atoms with Crippen LogP contribution >= 0.6 is 0 Å². The van der Waals surface area contributed by atoms with Gasteiger partial charge < -0.3 is 14.0 Å². The molecule has 0 saturated heterocycles. The summed E-state index contributed by atoms with van der Waals surface area (Å²) in [5.74, 6) is 1.80. The maximum Gasteiger partial charge on any atom is 0.243 e. The number of sulfonamides is 1. The van der Waals surface area contributed by atoms with Crippen LogP contribution in [0.25, 0.3) is 0 Å². The van der Waals surface area contributed by atoms with E-state index in [0.717, 1.165) is 11.3 Å². The molecule has 7 nitrogen and oxygen atoms in total. The van der Waals surface area contributed by atoms with E-state index in [9.17, 15) is 8.42 Å². The molecule has 0 radical (unpaired) electrons. The van der Waals surface area contributed by atoms with Crippen molar-refractivity contribution in [3.63, 3.8) is 0 Å². The lowest BCUT2D eigenvalue weighted by molar-refractivity contribution is 0.171. The first-order valence-corrected chi connectivity index (χ1v) is 8.41. The van der Waals surface area contributed by atoms with Crippen molar-refractivity contribution < 1.29 is 22.4 Å². The minimum absolute atomic E-state index is 0.205. The van der Waals surface area contributed by atoms with Crippen molar-refractivity contribution in [2.75, 3.05) is 19.8 Å². The fourth-order valence-corrected chi connectivity index (χ4v) is 4.09. The molecule has 0 bridgehead atoms. The third-order valence-corrected chi connectivity index (χ3v) is 5.66. The fraction of sp³-hybridized carbons (Fsp3) is 0.357. The van der Waals surface area contributed by atoms with Crippen LogP contribution < -0.4 is 9.47 Å². The molecule has 8 heteroatoms. The molecular formula is C14H14N2O5S. The molecule has 0 atom stereocenters. The Kier molecular flexibility index (Phi) is 3.08. The molecule has 2 aromatic rings. The molecule has 0 fully saturated rings. The van der Waals surface area contributed by atoms with E-state index < -0.39 is 10.0 Å². The Labute approximate surface area is 127 Å². The number of hydrogen-bond acceptors (Lipinski definition) is 6. The van der Waals surface area contributed by atoms with E-state index in [2.05, 4.69) is 5.16 Å². The molecule has 2 aliphatic heterocycles. The standard InChI is InChI=1S/C14H14N2O5S/c17-22(18,16-4-3-12-10(9-16)8-15-21-12)11-1-2-13-14(7-11)20-6-5-19-13/h1-2,7-8H,3-6,9H2. The second-order valence-electron chi connectivity index (χ2n) is 5.17. The van der Waals surface area contributed by atoms with E-state index in [0.29, 0.717) is 37.7 Å². The third-order valence-electron chi connectivity index (χ3n) is 3.82. The van der Waals surface area contributed by atoms with Gasteiger partial charge in [-0.3, -0.25) is 0 Å². The summed E-state index contributed by atoms with van der Waals surface area (Å²) >= 11 is 0. The van der Waals surface area contributed by atoms with Gasteiger partial charge in [0.2, 0.25) is 10.0 Å². The fourth-order valence-electron chi connectivity index (χ4n) is 2.65. The predicted molar refractivity (Wildman–Crippen MR) is 75.2 cm³/mol. The van der Waals surface area contributed by atoms with E-state index >= 15 is 0 Å². The Bertz CT molecular complexity index is 814. The molecule has 3 heterocycles. The quantitative estimate of drug-likeness (QED) is 0.826. The zero-order chi connectivity index (χ0) is 15.2. The van der Waals surface area contributed by atoms with Gasteiger partial charge >= 0.3 is 0 Å². The smallest absolute Gasteiger partial charge is 0.243 e.